The third kappa shape index (κ3) is 3.65. The summed E-state index contributed by atoms with van der Waals surface area (Å²) >= 11 is 2.51. The molecular weight excluding hydrogens is 361 g/mol. The summed E-state index contributed by atoms with van der Waals surface area (Å²) in [4.78, 5) is 25.3. The summed E-state index contributed by atoms with van der Waals surface area (Å²) in [7, 11) is 0. The highest BCUT2D eigenvalue weighted by atomic mass is 32.2. The SMILES string of the molecule is C#Cc1cnc(C(=O)Nc2ccnc([C@]3(CF)CCSC(N)=N3)c2)s1. The number of aliphatic imine (C=N–C) groups is 1. The van der Waals surface area contributed by atoms with Crippen LogP contribution >= 0.6 is 23.1 Å². The molecule has 0 aromatic carbocycles. The minimum atomic E-state index is -1.10. The fourth-order valence-corrected chi connectivity index (χ4v) is 3.88. The number of aromatic nitrogens is 2. The predicted molar refractivity (Wildman–Crippen MR) is 98.6 cm³/mol. The Balaban J connectivity index is 1.85. The lowest BCUT2D eigenvalue weighted by Gasteiger charge is -2.30. The molecule has 2 aromatic rings. The number of hydrogen-bond donors (Lipinski definition) is 2. The number of alkyl halides is 1. The normalized spacial score (nSPS) is 19.8. The second kappa shape index (κ2) is 7.21. The standard InChI is InChI=1S/C16H14FN5OS2/c1-2-11-8-20-14(25-11)13(23)21-10-3-5-19-12(7-10)16(9-17)4-6-24-15(18)22-16/h1,3,5,7-8H,4,6,9H2,(H2,18,22)(H,19,21,23)/t16-/m1/s1. The van der Waals surface area contributed by atoms with Crippen molar-refractivity contribution in [1.82, 2.24) is 9.97 Å². The molecule has 3 rings (SSSR count). The van der Waals surface area contributed by atoms with Crippen LogP contribution in [0.25, 0.3) is 0 Å². The molecule has 1 aliphatic rings. The second-order valence-corrected chi connectivity index (χ2v) is 7.42. The largest absolute Gasteiger partial charge is 0.379 e. The fraction of sp³-hybridized carbons (Fsp3) is 0.250. The molecule has 0 unspecified atom stereocenters. The van der Waals surface area contributed by atoms with E-state index >= 15 is 0 Å². The van der Waals surface area contributed by atoms with E-state index in [4.69, 9.17) is 12.2 Å². The van der Waals surface area contributed by atoms with Crippen molar-refractivity contribution < 1.29 is 9.18 Å². The smallest absolute Gasteiger partial charge is 0.284 e. The van der Waals surface area contributed by atoms with Crippen LogP contribution in [0.3, 0.4) is 0 Å². The lowest BCUT2D eigenvalue weighted by atomic mass is 9.93. The Hall–Kier alpha value is -2.44. The highest BCUT2D eigenvalue weighted by molar-refractivity contribution is 8.13. The molecule has 0 spiro atoms. The van der Waals surface area contributed by atoms with E-state index < -0.39 is 12.2 Å². The first-order chi connectivity index (χ1) is 12.1. The second-order valence-electron chi connectivity index (χ2n) is 5.27. The van der Waals surface area contributed by atoms with Gasteiger partial charge in [-0.05, 0) is 18.6 Å². The lowest BCUT2D eigenvalue weighted by Crippen LogP contribution is -2.34. The third-order valence-electron chi connectivity index (χ3n) is 3.65. The molecule has 1 aliphatic heterocycles. The van der Waals surface area contributed by atoms with Gasteiger partial charge in [0.05, 0.1) is 16.8 Å². The molecule has 3 heterocycles. The maximum absolute atomic E-state index is 13.8. The van der Waals surface area contributed by atoms with Gasteiger partial charge in [0.1, 0.15) is 12.2 Å². The van der Waals surface area contributed by atoms with Gasteiger partial charge >= 0.3 is 0 Å². The number of halogens is 1. The molecule has 25 heavy (non-hydrogen) atoms. The van der Waals surface area contributed by atoms with Crippen molar-refractivity contribution in [3.05, 3.63) is 40.1 Å². The van der Waals surface area contributed by atoms with Crippen molar-refractivity contribution in [2.75, 3.05) is 17.7 Å². The number of thioether (sulfide) groups is 1. The Morgan fingerprint density at radius 2 is 2.36 bits per heavy atom. The number of anilines is 1. The highest BCUT2D eigenvalue weighted by Crippen LogP contribution is 2.35. The molecule has 2 aromatic heterocycles. The van der Waals surface area contributed by atoms with Crippen LogP contribution in [-0.2, 0) is 5.54 Å². The zero-order chi connectivity index (χ0) is 17.9. The van der Waals surface area contributed by atoms with Crippen LogP contribution in [0.5, 0.6) is 0 Å². The van der Waals surface area contributed by atoms with Gasteiger partial charge in [0.2, 0.25) is 0 Å². The first kappa shape index (κ1) is 17.4. The van der Waals surface area contributed by atoms with Gasteiger partial charge in [-0.1, -0.05) is 17.7 Å². The van der Waals surface area contributed by atoms with Crippen molar-refractivity contribution in [3.8, 4) is 12.3 Å². The van der Waals surface area contributed by atoms with Gasteiger partial charge in [-0.15, -0.1) is 17.8 Å². The van der Waals surface area contributed by atoms with E-state index in [-0.39, 0.29) is 10.9 Å². The van der Waals surface area contributed by atoms with Crippen molar-refractivity contribution in [2.45, 2.75) is 12.0 Å². The number of carbonyl (C=O) groups excluding carboxylic acids is 1. The van der Waals surface area contributed by atoms with Crippen LogP contribution in [0.15, 0.2) is 29.5 Å². The summed E-state index contributed by atoms with van der Waals surface area (Å²) in [6.07, 6.45) is 8.73. The molecule has 1 atom stereocenters. The number of terminal acetylenes is 1. The third-order valence-corrected chi connectivity index (χ3v) is 5.37. The van der Waals surface area contributed by atoms with E-state index in [2.05, 4.69) is 26.2 Å². The number of thiazole rings is 1. The number of nitrogens with two attached hydrogens (primary N) is 1. The summed E-state index contributed by atoms with van der Waals surface area (Å²) in [6.45, 7) is -0.712. The van der Waals surface area contributed by atoms with Crippen LogP contribution in [-0.4, -0.2) is 33.5 Å². The maximum atomic E-state index is 13.8. The molecule has 128 valence electrons. The molecular formula is C16H14FN5OS2. The Labute approximate surface area is 152 Å². The number of amidine groups is 1. The number of pyridine rings is 1. The van der Waals surface area contributed by atoms with Crippen LogP contribution in [0, 0.1) is 12.3 Å². The molecule has 1 amide bonds. The Morgan fingerprint density at radius 1 is 1.52 bits per heavy atom. The van der Waals surface area contributed by atoms with Gasteiger partial charge in [-0.25, -0.2) is 14.4 Å². The summed E-state index contributed by atoms with van der Waals surface area (Å²) in [5.41, 5.74) is 5.57. The van der Waals surface area contributed by atoms with Crippen molar-refractivity contribution in [2.24, 2.45) is 10.7 Å². The number of nitrogens with one attached hydrogen (secondary N) is 1. The van der Waals surface area contributed by atoms with Gasteiger partial charge in [0.25, 0.3) is 5.91 Å². The molecule has 0 aliphatic carbocycles. The number of hydrogen-bond acceptors (Lipinski definition) is 7. The number of amides is 1. The van der Waals surface area contributed by atoms with Crippen molar-refractivity contribution in [1.29, 1.82) is 0 Å². The molecule has 0 saturated heterocycles. The first-order valence-corrected chi connectivity index (χ1v) is 9.11. The van der Waals surface area contributed by atoms with E-state index in [1.165, 1.54) is 24.2 Å². The van der Waals surface area contributed by atoms with Crippen molar-refractivity contribution in [3.63, 3.8) is 0 Å². The first-order valence-electron chi connectivity index (χ1n) is 7.31. The van der Waals surface area contributed by atoms with Gasteiger partial charge in [0, 0.05) is 17.6 Å². The van der Waals surface area contributed by atoms with Gasteiger partial charge in [0.15, 0.2) is 10.2 Å². The average molecular weight is 375 g/mol. The number of carbonyl (C=O) groups is 1. The van der Waals surface area contributed by atoms with E-state index in [0.29, 0.717) is 33.6 Å². The maximum Gasteiger partial charge on any atom is 0.284 e. The Morgan fingerprint density at radius 3 is 3.04 bits per heavy atom. The van der Waals surface area contributed by atoms with Crippen LogP contribution < -0.4 is 11.1 Å². The van der Waals surface area contributed by atoms with Gasteiger partial charge in [-0.2, -0.15) is 0 Å². The fourth-order valence-electron chi connectivity index (χ4n) is 2.37. The Kier molecular flexibility index (Phi) is 5.01. The Bertz CT molecular complexity index is 875. The predicted octanol–water partition coefficient (Wildman–Crippen LogP) is 2.39. The molecule has 6 nitrogen and oxygen atoms in total. The molecule has 0 saturated carbocycles. The molecule has 0 radical (unpaired) electrons. The van der Waals surface area contributed by atoms with Crippen LogP contribution in [0.1, 0.15) is 26.8 Å². The van der Waals surface area contributed by atoms with E-state index in [9.17, 15) is 9.18 Å². The molecule has 3 N–H and O–H groups in total. The van der Waals surface area contributed by atoms with Gasteiger partial charge in [-0.3, -0.25) is 9.78 Å². The zero-order valence-corrected chi connectivity index (χ0v) is 14.7. The van der Waals surface area contributed by atoms with Gasteiger partial charge < -0.3 is 11.1 Å². The quantitative estimate of drug-likeness (QED) is 0.801. The minimum Gasteiger partial charge on any atom is -0.379 e. The van der Waals surface area contributed by atoms with E-state index in [0.717, 1.165) is 11.3 Å². The summed E-state index contributed by atoms with van der Waals surface area (Å²) < 4.78 is 13.8. The van der Waals surface area contributed by atoms with Crippen LogP contribution in [0.2, 0.25) is 0 Å². The van der Waals surface area contributed by atoms with E-state index in [1.54, 1.807) is 12.1 Å². The van der Waals surface area contributed by atoms with Crippen LogP contribution in [0.4, 0.5) is 10.1 Å². The zero-order valence-electron chi connectivity index (χ0n) is 13.0. The highest BCUT2D eigenvalue weighted by Gasteiger charge is 2.36. The summed E-state index contributed by atoms with van der Waals surface area (Å²) in [6, 6.07) is 3.23. The molecule has 0 fully saturated rings. The molecule has 0 bridgehead atoms. The number of nitrogens with zero attached hydrogens (tertiary/aromatic N) is 3. The monoisotopic (exact) mass is 375 g/mol. The topological polar surface area (TPSA) is 93.3 Å². The summed E-state index contributed by atoms with van der Waals surface area (Å²) in [5.74, 6) is 2.70. The number of rotatable bonds is 4. The summed E-state index contributed by atoms with van der Waals surface area (Å²) in [5, 5.41) is 3.31. The van der Waals surface area contributed by atoms with Crippen molar-refractivity contribution >= 4 is 39.9 Å². The lowest BCUT2D eigenvalue weighted by molar-refractivity contribution is 0.102. The average Bonchev–Trinajstić information content (AvgIpc) is 3.11. The molecule has 9 heteroatoms. The van der Waals surface area contributed by atoms with E-state index in [1.807, 2.05) is 0 Å². The minimum absolute atomic E-state index is 0.253.